The van der Waals surface area contributed by atoms with Crippen molar-refractivity contribution in [3.8, 4) is 11.5 Å². The molecule has 0 heterocycles. The Bertz CT molecular complexity index is 686. The highest BCUT2D eigenvalue weighted by Gasteiger charge is 2.03. The quantitative estimate of drug-likeness (QED) is 0.269. The van der Waals surface area contributed by atoms with E-state index in [9.17, 15) is 0 Å². The molecule has 5 heteroatoms. The molecule has 0 bridgehead atoms. The molecule has 35 heavy (non-hydrogen) atoms. The molecule has 4 nitrogen and oxygen atoms in total. The number of nitrogens with zero attached hydrogens (tertiary/aromatic N) is 2. The van der Waals surface area contributed by atoms with Gasteiger partial charge in [-0.1, -0.05) is 76.6 Å². The normalized spacial score (nSPS) is 11.0. The Labute approximate surface area is 221 Å². The second-order valence-electron chi connectivity index (χ2n) is 9.58. The summed E-state index contributed by atoms with van der Waals surface area (Å²) in [5, 5.41) is 0. The molecule has 2 rings (SSSR count). The van der Waals surface area contributed by atoms with E-state index in [1.807, 2.05) is 0 Å². The Hall–Kier alpha value is -1.75. The highest BCUT2D eigenvalue weighted by atomic mass is 35.5. The molecule has 0 N–H and O–H groups in total. The molecule has 0 fully saturated rings. The first-order valence-corrected chi connectivity index (χ1v) is 13.4. The molecule has 2 aromatic rings. The lowest BCUT2D eigenvalue weighted by Crippen LogP contribution is -3.00. The lowest BCUT2D eigenvalue weighted by molar-refractivity contribution is -0.00000808. The molecular weight excluding hydrogens is 456 g/mol. The summed E-state index contributed by atoms with van der Waals surface area (Å²) in [7, 11) is 4.40. The van der Waals surface area contributed by atoms with Crippen LogP contribution in [-0.4, -0.2) is 50.2 Å². The number of hydrogen-bond donors (Lipinski definition) is 0. The molecular formula is C30H48ClN2O2-. The van der Waals surface area contributed by atoms with Crippen LogP contribution in [-0.2, 0) is 13.1 Å². The van der Waals surface area contributed by atoms with Crippen molar-refractivity contribution >= 4 is 0 Å². The predicted molar refractivity (Wildman–Crippen MR) is 145 cm³/mol. The van der Waals surface area contributed by atoms with E-state index in [0.29, 0.717) is 13.2 Å². The summed E-state index contributed by atoms with van der Waals surface area (Å²) in [5.41, 5.74) is 2.65. The van der Waals surface area contributed by atoms with E-state index in [1.165, 1.54) is 62.5 Å². The van der Waals surface area contributed by atoms with Crippen molar-refractivity contribution in [2.45, 2.75) is 78.3 Å². The summed E-state index contributed by atoms with van der Waals surface area (Å²) in [4.78, 5) is 4.80. The van der Waals surface area contributed by atoms with Crippen LogP contribution in [0.2, 0.25) is 0 Å². The molecule has 0 aliphatic heterocycles. The average Bonchev–Trinajstić information content (AvgIpc) is 2.84. The standard InChI is InChI=1S/C30H48N2O2.ClH/c1-5-7-9-11-21-31(3)25-27-13-17-29(18-14-27)33-23-24-34-30-19-15-28(16-20-30)26-32(4)22-12-10-8-6-2;/h13-20H,5-12,21-26H2,1-4H3;1H/p-1. The van der Waals surface area contributed by atoms with E-state index in [1.54, 1.807) is 0 Å². The molecule has 2 aromatic carbocycles. The molecule has 0 unspecified atom stereocenters. The molecule has 198 valence electrons. The zero-order valence-electron chi connectivity index (χ0n) is 22.6. The number of halogens is 1. The Morgan fingerprint density at radius 2 is 0.914 bits per heavy atom. The lowest BCUT2D eigenvalue weighted by Gasteiger charge is -2.17. The minimum atomic E-state index is 0. The van der Waals surface area contributed by atoms with Crippen LogP contribution in [0.25, 0.3) is 0 Å². The van der Waals surface area contributed by atoms with Gasteiger partial charge < -0.3 is 31.7 Å². The van der Waals surface area contributed by atoms with E-state index in [2.05, 4.69) is 86.3 Å². The van der Waals surface area contributed by atoms with Gasteiger partial charge in [-0.25, -0.2) is 0 Å². The zero-order chi connectivity index (χ0) is 24.4. The summed E-state index contributed by atoms with van der Waals surface area (Å²) in [5.74, 6) is 1.80. The van der Waals surface area contributed by atoms with Crippen LogP contribution in [0.4, 0.5) is 0 Å². The van der Waals surface area contributed by atoms with Crippen LogP contribution in [0.15, 0.2) is 48.5 Å². The topological polar surface area (TPSA) is 24.9 Å². The van der Waals surface area contributed by atoms with E-state index in [4.69, 9.17) is 9.47 Å². The molecule has 0 saturated carbocycles. The Morgan fingerprint density at radius 3 is 1.26 bits per heavy atom. The van der Waals surface area contributed by atoms with Gasteiger partial charge in [-0.3, -0.25) is 0 Å². The van der Waals surface area contributed by atoms with Gasteiger partial charge in [0.05, 0.1) is 0 Å². The minimum Gasteiger partial charge on any atom is -1.00 e. The van der Waals surface area contributed by atoms with Gasteiger partial charge in [0, 0.05) is 13.1 Å². The van der Waals surface area contributed by atoms with Crippen molar-refractivity contribution in [2.24, 2.45) is 0 Å². The van der Waals surface area contributed by atoms with Gasteiger partial charge in [-0.2, -0.15) is 0 Å². The van der Waals surface area contributed by atoms with Crippen molar-refractivity contribution in [2.75, 3.05) is 40.4 Å². The smallest absolute Gasteiger partial charge is 0.122 e. The second-order valence-corrected chi connectivity index (χ2v) is 9.58. The van der Waals surface area contributed by atoms with E-state index < -0.39 is 0 Å². The van der Waals surface area contributed by atoms with Crippen molar-refractivity contribution in [1.29, 1.82) is 0 Å². The van der Waals surface area contributed by atoms with Gasteiger partial charge in [0.25, 0.3) is 0 Å². The van der Waals surface area contributed by atoms with Crippen LogP contribution in [0.5, 0.6) is 11.5 Å². The third-order valence-electron chi connectivity index (χ3n) is 6.16. The van der Waals surface area contributed by atoms with Gasteiger partial charge in [0.15, 0.2) is 0 Å². The molecule has 0 amide bonds. The molecule has 0 atom stereocenters. The van der Waals surface area contributed by atoms with E-state index in [-0.39, 0.29) is 12.4 Å². The van der Waals surface area contributed by atoms with Crippen LogP contribution in [0.1, 0.15) is 76.3 Å². The highest BCUT2D eigenvalue weighted by Crippen LogP contribution is 2.16. The van der Waals surface area contributed by atoms with E-state index in [0.717, 1.165) is 37.7 Å². The number of benzene rings is 2. The van der Waals surface area contributed by atoms with Gasteiger partial charge in [0.2, 0.25) is 0 Å². The van der Waals surface area contributed by atoms with Crippen LogP contribution in [0, 0.1) is 0 Å². The molecule has 0 aliphatic rings. The van der Waals surface area contributed by atoms with Crippen LogP contribution < -0.4 is 21.9 Å². The predicted octanol–water partition coefficient (Wildman–Crippen LogP) is 4.17. The van der Waals surface area contributed by atoms with Gasteiger partial charge in [-0.05, 0) is 75.4 Å². The number of ether oxygens (including phenoxy) is 2. The summed E-state index contributed by atoms with van der Waals surface area (Å²) < 4.78 is 11.7. The maximum atomic E-state index is 5.87. The first-order valence-electron chi connectivity index (χ1n) is 13.4. The average molecular weight is 504 g/mol. The SMILES string of the molecule is CCCCCCN(C)Cc1ccc(OCCOc2ccc(CN(C)CCCCCC)cc2)cc1.[Cl-]. The monoisotopic (exact) mass is 503 g/mol. The Balaban J connectivity index is 0.00000612. The summed E-state index contributed by atoms with van der Waals surface area (Å²) >= 11 is 0. The third-order valence-corrected chi connectivity index (χ3v) is 6.16. The fourth-order valence-electron chi connectivity index (χ4n) is 4.10. The fraction of sp³-hybridized carbons (Fsp3) is 0.600. The maximum absolute atomic E-state index is 5.87. The van der Waals surface area contributed by atoms with Gasteiger partial charge >= 0.3 is 0 Å². The minimum absolute atomic E-state index is 0. The first kappa shape index (κ1) is 31.3. The molecule has 0 saturated heterocycles. The molecule has 0 radical (unpaired) electrons. The summed E-state index contributed by atoms with van der Waals surface area (Å²) in [6, 6.07) is 16.9. The first-order chi connectivity index (χ1) is 16.6. The summed E-state index contributed by atoms with van der Waals surface area (Å²) in [6.07, 6.45) is 10.5. The van der Waals surface area contributed by atoms with Crippen LogP contribution in [0.3, 0.4) is 0 Å². The Morgan fingerprint density at radius 1 is 0.543 bits per heavy atom. The van der Waals surface area contributed by atoms with Crippen molar-refractivity contribution in [3.05, 3.63) is 59.7 Å². The van der Waals surface area contributed by atoms with E-state index >= 15 is 0 Å². The van der Waals surface area contributed by atoms with Gasteiger partial charge in [-0.15, -0.1) is 0 Å². The fourth-order valence-corrected chi connectivity index (χ4v) is 4.10. The van der Waals surface area contributed by atoms with Crippen molar-refractivity contribution < 1.29 is 21.9 Å². The molecule has 0 aliphatic carbocycles. The largest absolute Gasteiger partial charge is 1.00 e. The van der Waals surface area contributed by atoms with Crippen molar-refractivity contribution in [1.82, 2.24) is 9.80 Å². The lowest BCUT2D eigenvalue weighted by atomic mass is 10.2. The highest BCUT2D eigenvalue weighted by molar-refractivity contribution is 5.28. The number of hydrogen-bond acceptors (Lipinski definition) is 4. The second kappa shape index (κ2) is 19.4. The van der Waals surface area contributed by atoms with Crippen LogP contribution >= 0.6 is 0 Å². The van der Waals surface area contributed by atoms with Crippen molar-refractivity contribution in [3.63, 3.8) is 0 Å². The summed E-state index contributed by atoms with van der Waals surface area (Å²) in [6.45, 7) is 9.89. The zero-order valence-corrected chi connectivity index (χ0v) is 23.4. The molecule has 0 aromatic heterocycles. The Kier molecular flexibility index (Phi) is 17.4. The van der Waals surface area contributed by atoms with Gasteiger partial charge in [0.1, 0.15) is 24.7 Å². The number of unbranched alkanes of at least 4 members (excludes halogenated alkanes) is 6. The maximum Gasteiger partial charge on any atom is 0.122 e. The number of rotatable bonds is 19. The molecule has 0 spiro atoms. The third kappa shape index (κ3) is 14.4.